The van der Waals surface area contributed by atoms with Gasteiger partial charge in [0.25, 0.3) is 0 Å². The predicted octanol–water partition coefficient (Wildman–Crippen LogP) is 3.98. The molecule has 22 heavy (non-hydrogen) atoms. The molecule has 0 radical (unpaired) electrons. The third kappa shape index (κ3) is 1.36. The molecular weight excluding hydrogens is 276 g/mol. The summed E-state index contributed by atoms with van der Waals surface area (Å²) in [4.78, 5) is 20.2. The van der Waals surface area contributed by atoms with E-state index in [2.05, 4.69) is 4.98 Å². The zero-order valence-corrected chi connectivity index (χ0v) is 11.5. The van der Waals surface area contributed by atoms with Crippen molar-refractivity contribution in [1.29, 1.82) is 0 Å². The summed E-state index contributed by atoms with van der Waals surface area (Å²) >= 11 is 0. The lowest BCUT2D eigenvalue weighted by Gasteiger charge is -1.98. The quantitative estimate of drug-likeness (QED) is 0.468. The summed E-state index contributed by atoms with van der Waals surface area (Å²) in [6, 6.07) is 15.3. The Morgan fingerprint density at radius 1 is 0.818 bits per heavy atom. The fraction of sp³-hybridized carbons (Fsp3) is 0. The Labute approximate surface area is 124 Å². The summed E-state index contributed by atoms with van der Waals surface area (Å²) < 4.78 is 5.55. The third-order valence-electron chi connectivity index (χ3n) is 4.10. The second-order valence-electron chi connectivity index (χ2n) is 5.32. The molecule has 0 saturated carbocycles. The molecular formula is C18H10N2O2. The Morgan fingerprint density at radius 2 is 1.64 bits per heavy atom. The van der Waals surface area contributed by atoms with Gasteiger partial charge in [0, 0.05) is 27.9 Å². The van der Waals surface area contributed by atoms with E-state index in [9.17, 15) is 4.79 Å². The van der Waals surface area contributed by atoms with Gasteiger partial charge in [-0.15, -0.1) is 0 Å². The molecule has 1 N–H and O–H groups in total. The first-order chi connectivity index (χ1) is 10.8. The maximum Gasteiger partial charge on any atom is 0.344 e. The van der Waals surface area contributed by atoms with E-state index in [0.29, 0.717) is 11.0 Å². The van der Waals surface area contributed by atoms with Crippen molar-refractivity contribution in [3.8, 4) is 0 Å². The van der Waals surface area contributed by atoms with E-state index in [1.165, 1.54) is 0 Å². The molecule has 3 heterocycles. The minimum Gasteiger partial charge on any atom is -0.420 e. The van der Waals surface area contributed by atoms with Crippen molar-refractivity contribution in [2.45, 2.75) is 0 Å². The Kier molecular flexibility index (Phi) is 2.07. The molecule has 5 aromatic rings. The van der Waals surface area contributed by atoms with Crippen LogP contribution in [0.2, 0.25) is 0 Å². The highest BCUT2D eigenvalue weighted by Crippen LogP contribution is 2.32. The molecule has 5 rings (SSSR count). The number of hydrogen-bond donors (Lipinski definition) is 1. The average Bonchev–Trinajstić information content (AvgIpc) is 2.94. The van der Waals surface area contributed by atoms with Crippen LogP contribution < -0.4 is 5.63 Å². The molecule has 0 fully saturated rings. The van der Waals surface area contributed by atoms with E-state index in [0.717, 1.165) is 32.7 Å². The molecule has 0 aliphatic heterocycles. The van der Waals surface area contributed by atoms with Crippen LogP contribution in [0.1, 0.15) is 0 Å². The van der Waals surface area contributed by atoms with Crippen LogP contribution in [0.15, 0.2) is 63.9 Å². The monoisotopic (exact) mass is 286 g/mol. The number of pyridine rings is 1. The van der Waals surface area contributed by atoms with Gasteiger partial charge in [-0.25, -0.2) is 9.78 Å². The van der Waals surface area contributed by atoms with Gasteiger partial charge in [-0.1, -0.05) is 18.2 Å². The number of hydrogen-bond acceptors (Lipinski definition) is 3. The number of benzene rings is 2. The van der Waals surface area contributed by atoms with Gasteiger partial charge in [0.1, 0.15) is 5.52 Å². The molecule has 4 nitrogen and oxygen atoms in total. The number of nitrogens with zero attached hydrogens (tertiary/aromatic N) is 1. The van der Waals surface area contributed by atoms with Crippen molar-refractivity contribution < 1.29 is 4.42 Å². The van der Waals surface area contributed by atoms with Crippen LogP contribution in [0, 0.1) is 0 Å². The highest BCUT2D eigenvalue weighted by Gasteiger charge is 2.15. The lowest BCUT2D eigenvalue weighted by molar-refractivity contribution is 0.573. The van der Waals surface area contributed by atoms with E-state index >= 15 is 0 Å². The van der Waals surface area contributed by atoms with Gasteiger partial charge in [-0.3, -0.25) is 0 Å². The zero-order chi connectivity index (χ0) is 14.7. The molecule has 0 amide bonds. The largest absolute Gasteiger partial charge is 0.420 e. The SMILES string of the molecule is O=c1oc2c3ccc4[nH]cccc4c3nc2c2ccccc12. The van der Waals surface area contributed by atoms with Crippen LogP contribution >= 0.6 is 0 Å². The Bertz CT molecular complexity index is 1250. The highest BCUT2D eigenvalue weighted by atomic mass is 16.4. The van der Waals surface area contributed by atoms with Crippen LogP contribution in [0.25, 0.3) is 43.7 Å². The maximum atomic E-state index is 12.2. The second kappa shape index (κ2) is 3.95. The van der Waals surface area contributed by atoms with Gasteiger partial charge in [-0.05, 0) is 30.3 Å². The predicted molar refractivity (Wildman–Crippen MR) is 87.1 cm³/mol. The average molecular weight is 286 g/mol. The van der Waals surface area contributed by atoms with Crippen LogP contribution in [-0.2, 0) is 0 Å². The molecule has 104 valence electrons. The Hall–Kier alpha value is -3.14. The first kappa shape index (κ1) is 11.5. The fourth-order valence-corrected chi connectivity index (χ4v) is 3.08. The van der Waals surface area contributed by atoms with E-state index in [1.54, 1.807) is 6.07 Å². The van der Waals surface area contributed by atoms with Gasteiger partial charge in [0.2, 0.25) is 0 Å². The number of aromatic amines is 1. The van der Waals surface area contributed by atoms with Crippen LogP contribution in [-0.4, -0.2) is 9.97 Å². The second-order valence-corrected chi connectivity index (χ2v) is 5.32. The van der Waals surface area contributed by atoms with Crippen molar-refractivity contribution in [2.24, 2.45) is 0 Å². The number of fused-ring (bicyclic) bond motifs is 7. The molecule has 3 aromatic heterocycles. The zero-order valence-electron chi connectivity index (χ0n) is 11.5. The molecule has 0 saturated heterocycles. The number of nitrogens with one attached hydrogen (secondary N) is 1. The maximum absolute atomic E-state index is 12.2. The summed E-state index contributed by atoms with van der Waals surface area (Å²) in [5.74, 6) is 0. The van der Waals surface area contributed by atoms with E-state index in [1.807, 2.05) is 48.7 Å². The normalized spacial score (nSPS) is 11.8. The lowest BCUT2D eigenvalue weighted by Crippen LogP contribution is -1.98. The minimum absolute atomic E-state index is 0.322. The summed E-state index contributed by atoms with van der Waals surface area (Å²) in [7, 11) is 0. The summed E-state index contributed by atoms with van der Waals surface area (Å²) in [6.45, 7) is 0. The van der Waals surface area contributed by atoms with E-state index in [-0.39, 0.29) is 5.63 Å². The summed E-state index contributed by atoms with van der Waals surface area (Å²) in [6.07, 6.45) is 1.88. The van der Waals surface area contributed by atoms with E-state index in [4.69, 9.17) is 9.40 Å². The van der Waals surface area contributed by atoms with Crippen molar-refractivity contribution in [3.63, 3.8) is 0 Å². The lowest BCUT2D eigenvalue weighted by atomic mass is 10.1. The van der Waals surface area contributed by atoms with Crippen molar-refractivity contribution in [2.75, 3.05) is 0 Å². The summed E-state index contributed by atoms with van der Waals surface area (Å²) in [5.41, 5.74) is 2.83. The van der Waals surface area contributed by atoms with Gasteiger partial charge in [0.05, 0.1) is 10.9 Å². The minimum atomic E-state index is -0.322. The number of H-pyrrole nitrogens is 1. The summed E-state index contributed by atoms with van der Waals surface area (Å²) in [5, 5.41) is 3.28. The molecule has 0 atom stereocenters. The molecule has 0 aliphatic rings. The van der Waals surface area contributed by atoms with Gasteiger partial charge in [-0.2, -0.15) is 0 Å². The topological polar surface area (TPSA) is 58.9 Å². The smallest absolute Gasteiger partial charge is 0.344 e. The number of aromatic nitrogens is 2. The molecule has 0 aliphatic carbocycles. The van der Waals surface area contributed by atoms with Crippen LogP contribution in [0.5, 0.6) is 0 Å². The molecule has 2 aromatic carbocycles. The van der Waals surface area contributed by atoms with Crippen LogP contribution in [0.4, 0.5) is 0 Å². The fourth-order valence-electron chi connectivity index (χ4n) is 3.08. The van der Waals surface area contributed by atoms with Gasteiger partial charge in [0.15, 0.2) is 5.58 Å². The Morgan fingerprint density at radius 3 is 2.55 bits per heavy atom. The molecule has 4 heteroatoms. The highest BCUT2D eigenvalue weighted by molar-refractivity contribution is 6.19. The first-order valence-corrected chi connectivity index (χ1v) is 7.04. The van der Waals surface area contributed by atoms with Gasteiger partial charge < -0.3 is 9.40 Å². The van der Waals surface area contributed by atoms with Crippen molar-refractivity contribution in [1.82, 2.24) is 9.97 Å². The van der Waals surface area contributed by atoms with Crippen molar-refractivity contribution >= 4 is 43.7 Å². The third-order valence-corrected chi connectivity index (χ3v) is 4.10. The number of rotatable bonds is 0. The molecule has 0 spiro atoms. The van der Waals surface area contributed by atoms with Crippen molar-refractivity contribution in [3.05, 3.63) is 65.1 Å². The van der Waals surface area contributed by atoms with E-state index < -0.39 is 0 Å². The van der Waals surface area contributed by atoms with Gasteiger partial charge >= 0.3 is 5.63 Å². The molecule has 0 unspecified atom stereocenters. The molecule has 0 bridgehead atoms. The standard InChI is InChI=1S/C18H10N2O2/c21-18-11-5-2-1-4-10(11)16-17(22-18)13-7-8-14-12(15(13)20-16)6-3-9-19-14/h1-9,19H. The first-order valence-electron chi connectivity index (χ1n) is 7.04. The Balaban J connectivity index is 2.13. The van der Waals surface area contributed by atoms with Crippen LogP contribution in [0.3, 0.4) is 0 Å².